The first-order valence-corrected chi connectivity index (χ1v) is 8.59. The van der Waals surface area contributed by atoms with E-state index in [1.54, 1.807) is 56.7 Å². The second-order valence-electron chi connectivity index (χ2n) is 6.18. The molecule has 0 aliphatic carbocycles. The number of anilines is 2. The number of nitrogens with one attached hydrogen (secondary N) is 3. The molecule has 0 aromatic heterocycles. The highest BCUT2D eigenvalue weighted by atomic mass is 16.5. The van der Waals surface area contributed by atoms with E-state index >= 15 is 0 Å². The van der Waals surface area contributed by atoms with Gasteiger partial charge in [0.1, 0.15) is 11.5 Å². The number of carbonyl (C=O) groups excluding carboxylic acids is 2. The van der Waals surface area contributed by atoms with Gasteiger partial charge in [0.25, 0.3) is 5.91 Å². The third kappa shape index (κ3) is 5.91. The first-order chi connectivity index (χ1) is 12.9. The molecule has 0 bridgehead atoms. The van der Waals surface area contributed by atoms with Crippen LogP contribution in [0.25, 0.3) is 0 Å². The molecule has 3 N–H and O–H groups in total. The number of hydrogen-bond acceptors (Lipinski definition) is 5. The van der Waals surface area contributed by atoms with Crippen LogP contribution in [0.3, 0.4) is 0 Å². The van der Waals surface area contributed by atoms with Crippen molar-refractivity contribution >= 4 is 23.2 Å². The minimum atomic E-state index is -0.249. The molecule has 0 spiro atoms. The fraction of sp³-hybridized carbons (Fsp3) is 0.300. The summed E-state index contributed by atoms with van der Waals surface area (Å²) in [6.07, 6.45) is 0. The van der Waals surface area contributed by atoms with Crippen molar-refractivity contribution < 1.29 is 19.1 Å². The monoisotopic (exact) mass is 371 g/mol. The zero-order valence-electron chi connectivity index (χ0n) is 16.0. The molecule has 7 heteroatoms. The van der Waals surface area contributed by atoms with Crippen LogP contribution >= 0.6 is 0 Å². The van der Waals surface area contributed by atoms with Crippen molar-refractivity contribution in [2.24, 2.45) is 0 Å². The van der Waals surface area contributed by atoms with Gasteiger partial charge in [-0.3, -0.25) is 9.59 Å². The largest absolute Gasteiger partial charge is 0.497 e. The van der Waals surface area contributed by atoms with E-state index in [1.807, 2.05) is 13.8 Å². The van der Waals surface area contributed by atoms with Crippen molar-refractivity contribution in [2.75, 3.05) is 31.4 Å². The van der Waals surface area contributed by atoms with Gasteiger partial charge in [-0.1, -0.05) is 6.07 Å². The molecule has 2 aromatic carbocycles. The summed E-state index contributed by atoms with van der Waals surface area (Å²) in [5.74, 6) is 0.833. The number of ether oxygens (including phenoxy) is 2. The Balaban J connectivity index is 1.99. The fourth-order valence-electron chi connectivity index (χ4n) is 2.42. The van der Waals surface area contributed by atoms with Crippen LogP contribution in [0, 0.1) is 0 Å². The SMILES string of the molecule is COc1ccc(OC)c(NCC(=O)Nc2cccc(C(=O)NC(C)C)c2)c1. The van der Waals surface area contributed by atoms with Crippen LogP contribution in [-0.4, -0.2) is 38.6 Å². The molecule has 2 aromatic rings. The zero-order chi connectivity index (χ0) is 19.8. The zero-order valence-corrected chi connectivity index (χ0v) is 16.0. The molecule has 0 heterocycles. The quantitative estimate of drug-likeness (QED) is 0.664. The highest BCUT2D eigenvalue weighted by Crippen LogP contribution is 2.28. The molecule has 0 aliphatic heterocycles. The van der Waals surface area contributed by atoms with Crippen LogP contribution in [0.5, 0.6) is 11.5 Å². The molecular weight excluding hydrogens is 346 g/mol. The standard InChI is InChI=1S/C20H25N3O4/c1-13(2)22-20(25)14-6-5-7-15(10-14)23-19(24)12-21-17-11-16(26-3)8-9-18(17)27-4/h5-11,13,21H,12H2,1-4H3,(H,22,25)(H,23,24). The molecule has 27 heavy (non-hydrogen) atoms. The van der Waals surface area contributed by atoms with E-state index < -0.39 is 0 Å². The topological polar surface area (TPSA) is 88.7 Å². The van der Waals surface area contributed by atoms with Gasteiger partial charge in [-0.2, -0.15) is 0 Å². The molecule has 0 saturated heterocycles. The van der Waals surface area contributed by atoms with Gasteiger partial charge < -0.3 is 25.4 Å². The van der Waals surface area contributed by atoms with Gasteiger partial charge in [0.15, 0.2) is 0 Å². The summed E-state index contributed by atoms with van der Waals surface area (Å²) in [4.78, 5) is 24.3. The maximum Gasteiger partial charge on any atom is 0.251 e. The summed E-state index contributed by atoms with van der Waals surface area (Å²) >= 11 is 0. The minimum absolute atomic E-state index is 0.0337. The lowest BCUT2D eigenvalue weighted by Gasteiger charge is -2.13. The van der Waals surface area contributed by atoms with E-state index in [4.69, 9.17) is 9.47 Å². The van der Waals surface area contributed by atoms with Gasteiger partial charge >= 0.3 is 0 Å². The Morgan fingerprint density at radius 3 is 2.48 bits per heavy atom. The number of amides is 2. The van der Waals surface area contributed by atoms with Gasteiger partial charge in [0.2, 0.25) is 5.91 Å². The maximum atomic E-state index is 12.3. The molecule has 2 rings (SSSR count). The number of methoxy groups -OCH3 is 2. The second-order valence-corrected chi connectivity index (χ2v) is 6.18. The molecule has 2 amide bonds. The second kappa shape index (κ2) is 9.47. The predicted octanol–water partition coefficient (Wildman–Crippen LogP) is 2.89. The summed E-state index contributed by atoms with van der Waals surface area (Å²) in [6.45, 7) is 3.82. The van der Waals surface area contributed by atoms with E-state index in [0.29, 0.717) is 28.4 Å². The van der Waals surface area contributed by atoms with E-state index in [9.17, 15) is 9.59 Å². The van der Waals surface area contributed by atoms with Gasteiger partial charge in [-0.25, -0.2) is 0 Å². The third-order valence-corrected chi connectivity index (χ3v) is 3.67. The Morgan fingerprint density at radius 2 is 1.81 bits per heavy atom. The van der Waals surface area contributed by atoms with Crippen LogP contribution in [0.2, 0.25) is 0 Å². The fourth-order valence-corrected chi connectivity index (χ4v) is 2.42. The number of rotatable bonds is 8. The Morgan fingerprint density at radius 1 is 1.04 bits per heavy atom. The summed E-state index contributed by atoms with van der Waals surface area (Å²) in [5, 5.41) is 8.62. The first-order valence-electron chi connectivity index (χ1n) is 8.59. The van der Waals surface area contributed by atoms with Gasteiger partial charge in [-0.15, -0.1) is 0 Å². The lowest BCUT2D eigenvalue weighted by atomic mass is 10.1. The summed E-state index contributed by atoms with van der Waals surface area (Å²) in [7, 11) is 3.13. The van der Waals surface area contributed by atoms with E-state index in [0.717, 1.165) is 0 Å². The molecular formula is C20H25N3O4. The van der Waals surface area contributed by atoms with Crippen LogP contribution in [0.1, 0.15) is 24.2 Å². The molecule has 0 aliphatic rings. The lowest BCUT2D eigenvalue weighted by molar-refractivity contribution is -0.114. The van der Waals surface area contributed by atoms with Crippen molar-refractivity contribution in [2.45, 2.75) is 19.9 Å². The van der Waals surface area contributed by atoms with Crippen LogP contribution in [0.4, 0.5) is 11.4 Å². The van der Waals surface area contributed by atoms with Crippen molar-refractivity contribution in [1.29, 1.82) is 0 Å². The van der Waals surface area contributed by atoms with E-state index in [1.165, 1.54) is 0 Å². The summed E-state index contributed by atoms with van der Waals surface area (Å²) < 4.78 is 10.5. The third-order valence-electron chi connectivity index (χ3n) is 3.67. The van der Waals surface area contributed by atoms with Crippen molar-refractivity contribution in [3.63, 3.8) is 0 Å². The van der Waals surface area contributed by atoms with Crippen LogP contribution in [-0.2, 0) is 4.79 Å². The normalized spacial score (nSPS) is 10.3. The van der Waals surface area contributed by atoms with Crippen molar-refractivity contribution in [3.05, 3.63) is 48.0 Å². The van der Waals surface area contributed by atoms with Crippen LogP contribution in [0.15, 0.2) is 42.5 Å². The Labute approximate surface area is 159 Å². The molecule has 144 valence electrons. The highest BCUT2D eigenvalue weighted by Gasteiger charge is 2.10. The van der Waals surface area contributed by atoms with Gasteiger partial charge in [0.05, 0.1) is 26.5 Å². The smallest absolute Gasteiger partial charge is 0.251 e. The molecule has 0 unspecified atom stereocenters. The number of benzene rings is 2. The first kappa shape index (κ1) is 20.1. The van der Waals surface area contributed by atoms with E-state index in [2.05, 4.69) is 16.0 Å². The molecule has 0 fully saturated rings. The Bertz CT molecular complexity index is 806. The molecule has 0 atom stereocenters. The minimum Gasteiger partial charge on any atom is -0.497 e. The summed E-state index contributed by atoms with van der Waals surface area (Å²) in [5.41, 5.74) is 1.69. The Hall–Kier alpha value is -3.22. The van der Waals surface area contributed by atoms with Crippen molar-refractivity contribution in [1.82, 2.24) is 5.32 Å². The lowest BCUT2D eigenvalue weighted by Crippen LogP contribution is -2.30. The highest BCUT2D eigenvalue weighted by molar-refractivity contribution is 5.98. The maximum absolute atomic E-state index is 12.3. The summed E-state index contributed by atoms with van der Waals surface area (Å²) in [6, 6.07) is 12.1. The predicted molar refractivity (Wildman–Crippen MR) is 106 cm³/mol. The van der Waals surface area contributed by atoms with E-state index in [-0.39, 0.29) is 24.4 Å². The molecule has 0 saturated carbocycles. The number of carbonyl (C=O) groups is 2. The van der Waals surface area contributed by atoms with Gasteiger partial charge in [0, 0.05) is 23.4 Å². The molecule has 7 nitrogen and oxygen atoms in total. The van der Waals surface area contributed by atoms with Crippen LogP contribution < -0.4 is 25.4 Å². The molecule has 0 radical (unpaired) electrons. The average Bonchev–Trinajstić information content (AvgIpc) is 2.65. The average molecular weight is 371 g/mol. The Kier molecular flexibility index (Phi) is 7.05. The van der Waals surface area contributed by atoms with Gasteiger partial charge in [-0.05, 0) is 44.2 Å². The number of hydrogen-bond donors (Lipinski definition) is 3. The van der Waals surface area contributed by atoms with Crippen molar-refractivity contribution in [3.8, 4) is 11.5 Å².